The lowest BCUT2D eigenvalue weighted by atomic mass is 10.1. The molecular weight excluding hydrogens is 250 g/mol. The van der Waals surface area contributed by atoms with Crippen LogP contribution < -0.4 is 0 Å². The maximum absolute atomic E-state index is 9.79. The number of fused-ring (bicyclic) bond motifs is 1. The van der Waals surface area contributed by atoms with Crippen LogP contribution in [0, 0.1) is 0 Å². The van der Waals surface area contributed by atoms with Crippen molar-refractivity contribution in [1.29, 1.82) is 0 Å². The maximum atomic E-state index is 9.79. The van der Waals surface area contributed by atoms with Gasteiger partial charge in [0.1, 0.15) is 17.1 Å². The van der Waals surface area contributed by atoms with E-state index in [1.54, 1.807) is 12.1 Å². The first-order valence-corrected chi connectivity index (χ1v) is 6.51. The second kappa shape index (κ2) is 5.21. The van der Waals surface area contributed by atoms with Crippen molar-refractivity contribution in [1.82, 2.24) is 0 Å². The van der Waals surface area contributed by atoms with Gasteiger partial charge in [-0.15, -0.1) is 0 Å². The first-order chi connectivity index (χ1) is 9.74. The Hall–Kier alpha value is -2.55. The highest BCUT2D eigenvalue weighted by atomic mass is 16.3. The normalized spacial score (nSPS) is 11.9. The van der Waals surface area contributed by atoms with E-state index < -0.39 is 0 Å². The molecule has 1 N–H and O–H groups in total. The molecule has 0 unspecified atom stereocenters. The molecule has 2 aromatic carbocycles. The molecule has 0 aliphatic heterocycles. The second-order valence-corrected chi connectivity index (χ2v) is 4.67. The van der Waals surface area contributed by atoms with Gasteiger partial charge in [-0.05, 0) is 31.2 Å². The van der Waals surface area contributed by atoms with Crippen molar-refractivity contribution in [3.63, 3.8) is 0 Å². The van der Waals surface area contributed by atoms with E-state index in [9.17, 15) is 5.11 Å². The molecule has 0 bridgehead atoms. The fraction of sp³-hybridized carbons (Fsp3) is 0.118. The lowest BCUT2D eigenvalue weighted by molar-refractivity contribution is 0.474. The molecule has 0 aliphatic carbocycles. The molecule has 3 rings (SSSR count). The predicted octanol–water partition coefficient (Wildman–Crippen LogP) is 4.15. The molecule has 0 saturated carbocycles. The topological polar surface area (TPSA) is 45.7 Å². The number of para-hydroxylation sites is 2. The molecule has 3 heteroatoms. The third kappa shape index (κ3) is 2.43. The number of phenolic OH excluding ortho intramolecular Hbond substituents is 1. The number of hydrogen-bond acceptors (Lipinski definition) is 3. The molecule has 0 saturated heterocycles. The van der Waals surface area contributed by atoms with Gasteiger partial charge in [0.25, 0.3) is 0 Å². The molecule has 1 heterocycles. The molecule has 0 amide bonds. The summed E-state index contributed by atoms with van der Waals surface area (Å²) in [5.41, 5.74) is 2.42. The highest BCUT2D eigenvalue weighted by Crippen LogP contribution is 2.20. The van der Waals surface area contributed by atoms with Crippen molar-refractivity contribution < 1.29 is 9.52 Å². The van der Waals surface area contributed by atoms with Gasteiger partial charge in [-0.1, -0.05) is 30.3 Å². The van der Waals surface area contributed by atoms with E-state index in [2.05, 4.69) is 4.99 Å². The average Bonchev–Trinajstić information content (AvgIpc) is 2.88. The summed E-state index contributed by atoms with van der Waals surface area (Å²) in [5.74, 6) is 1.07. The monoisotopic (exact) mass is 265 g/mol. The van der Waals surface area contributed by atoms with E-state index in [4.69, 9.17) is 4.42 Å². The summed E-state index contributed by atoms with van der Waals surface area (Å²) >= 11 is 0. The highest BCUT2D eigenvalue weighted by molar-refractivity contribution is 6.00. The van der Waals surface area contributed by atoms with Crippen molar-refractivity contribution >= 4 is 16.7 Å². The van der Waals surface area contributed by atoms with Crippen molar-refractivity contribution in [2.45, 2.75) is 13.5 Å². The summed E-state index contributed by atoms with van der Waals surface area (Å²) in [5, 5.41) is 10.9. The highest BCUT2D eigenvalue weighted by Gasteiger charge is 2.05. The molecular formula is C17H15NO2. The Labute approximate surface area is 117 Å². The quantitative estimate of drug-likeness (QED) is 0.723. The predicted molar refractivity (Wildman–Crippen MR) is 80.2 cm³/mol. The number of hydrogen-bond donors (Lipinski definition) is 1. The Morgan fingerprint density at radius 1 is 1.10 bits per heavy atom. The summed E-state index contributed by atoms with van der Waals surface area (Å²) in [6.07, 6.45) is 0. The summed E-state index contributed by atoms with van der Waals surface area (Å²) < 4.78 is 5.71. The smallest absolute Gasteiger partial charge is 0.134 e. The summed E-state index contributed by atoms with van der Waals surface area (Å²) in [6.45, 7) is 2.35. The van der Waals surface area contributed by atoms with Crippen LogP contribution in [0.15, 0.2) is 64.0 Å². The standard InChI is InChI=1S/C17H15NO2/c1-12(15-7-3-4-8-16(15)19)18-11-14-10-13-6-2-5-9-17(13)20-14/h2-10,19H,11H2,1H3. The lowest BCUT2D eigenvalue weighted by Crippen LogP contribution is -1.95. The van der Waals surface area contributed by atoms with E-state index >= 15 is 0 Å². The fourth-order valence-corrected chi connectivity index (χ4v) is 2.18. The van der Waals surface area contributed by atoms with Gasteiger partial charge in [0, 0.05) is 16.7 Å². The number of aromatic hydroxyl groups is 1. The zero-order valence-corrected chi connectivity index (χ0v) is 11.2. The SMILES string of the molecule is CC(=NCc1cc2ccccc2o1)c1ccccc1O. The Balaban J connectivity index is 1.84. The zero-order valence-electron chi connectivity index (χ0n) is 11.2. The van der Waals surface area contributed by atoms with E-state index in [1.165, 1.54) is 0 Å². The Kier molecular flexibility index (Phi) is 3.25. The van der Waals surface area contributed by atoms with E-state index in [1.807, 2.05) is 49.4 Å². The van der Waals surface area contributed by atoms with Crippen LogP contribution in [0.3, 0.4) is 0 Å². The number of aliphatic imine (C=N–C) groups is 1. The van der Waals surface area contributed by atoms with Crippen LogP contribution in [0.4, 0.5) is 0 Å². The van der Waals surface area contributed by atoms with Gasteiger partial charge < -0.3 is 9.52 Å². The molecule has 0 spiro atoms. The first-order valence-electron chi connectivity index (χ1n) is 6.51. The summed E-state index contributed by atoms with van der Waals surface area (Å²) in [4.78, 5) is 4.48. The Bertz CT molecular complexity index is 738. The number of nitrogens with zero attached hydrogens (tertiary/aromatic N) is 1. The molecule has 0 fully saturated rings. The molecule has 1 aromatic heterocycles. The van der Waals surface area contributed by atoms with Crippen LogP contribution in [0.25, 0.3) is 11.0 Å². The summed E-state index contributed by atoms with van der Waals surface area (Å²) in [6, 6.07) is 17.1. The molecule has 0 atom stereocenters. The van der Waals surface area contributed by atoms with Crippen LogP contribution >= 0.6 is 0 Å². The van der Waals surface area contributed by atoms with E-state index in [0.717, 1.165) is 28.0 Å². The van der Waals surface area contributed by atoms with Crippen LogP contribution in [0.5, 0.6) is 5.75 Å². The zero-order chi connectivity index (χ0) is 13.9. The van der Waals surface area contributed by atoms with Crippen LogP contribution in [0.1, 0.15) is 18.2 Å². The van der Waals surface area contributed by atoms with Gasteiger partial charge in [-0.2, -0.15) is 0 Å². The Morgan fingerprint density at radius 3 is 2.65 bits per heavy atom. The molecule has 0 radical (unpaired) electrons. The van der Waals surface area contributed by atoms with Gasteiger partial charge in [0.05, 0.1) is 6.54 Å². The van der Waals surface area contributed by atoms with Gasteiger partial charge in [-0.25, -0.2) is 0 Å². The third-order valence-corrected chi connectivity index (χ3v) is 3.24. The molecule has 100 valence electrons. The van der Waals surface area contributed by atoms with Crippen molar-refractivity contribution in [3.05, 3.63) is 65.9 Å². The number of furan rings is 1. The van der Waals surface area contributed by atoms with Gasteiger partial charge in [0.15, 0.2) is 0 Å². The minimum absolute atomic E-state index is 0.248. The maximum Gasteiger partial charge on any atom is 0.134 e. The lowest BCUT2D eigenvalue weighted by Gasteiger charge is -2.03. The molecule has 3 aromatic rings. The van der Waals surface area contributed by atoms with Crippen LogP contribution in [0.2, 0.25) is 0 Å². The third-order valence-electron chi connectivity index (χ3n) is 3.24. The Morgan fingerprint density at radius 2 is 1.85 bits per heavy atom. The van der Waals surface area contributed by atoms with Crippen LogP contribution in [-0.2, 0) is 6.54 Å². The number of benzene rings is 2. The first kappa shape index (κ1) is 12.5. The van der Waals surface area contributed by atoms with E-state index in [-0.39, 0.29) is 5.75 Å². The fourth-order valence-electron chi connectivity index (χ4n) is 2.18. The molecule has 0 aliphatic rings. The van der Waals surface area contributed by atoms with Crippen molar-refractivity contribution in [2.75, 3.05) is 0 Å². The second-order valence-electron chi connectivity index (χ2n) is 4.67. The van der Waals surface area contributed by atoms with Crippen molar-refractivity contribution in [3.8, 4) is 5.75 Å². The average molecular weight is 265 g/mol. The van der Waals surface area contributed by atoms with Gasteiger partial charge >= 0.3 is 0 Å². The number of rotatable bonds is 3. The molecule has 3 nitrogen and oxygen atoms in total. The van der Waals surface area contributed by atoms with Crippen LogP contribution in [-0.4, -0.2) is 10.8 Å². The number of phenols is 1. The van der Waals surface area contributed by atoms with Gasteiger partial charge in [0.2, 0.25) is 0 Å². The van der Waals surface area contributed by atoms with Crippen molar-refractivity contribution in [2.24, 2.45) is 4.99 Å². The molecule has 20 heavy (non-hydrogen) atoms. The minimum atomic E-state index is 0.248. The van der Waals surface area contributed by atoms with Gasteiger partial charge in [-0.3, -0.25) is 4.99 Å². The summed E-state index contributed by atoms with van der Waals surface area (Å²) in [7, 11) is 0. The largest absolute Gasteiger partial charge is 0.507 e. The van der Waals surface area contributed by atoms with E-state index in [0.29, 0.717) is 6.54 Å². The minimum Gasteiger partial charge on any atom is -0.507 e.